The number of rotatable bonds is 6. The molecule has 96 valence electrons. The zero-order valence-electron chi connectivity index (χ0n) is 10.3. The van der Waals surface area contributed by atoms with Crippen LogP contribution < -0.4 is 0 Å². The fourth-order valence-corrected chi connectivity index (χ4v) is 0.250. The molecular formula is C9H21O6Y. The molecule has 6 nitrogen and oxygen atoms in total. The zero-order valence-corrected chi connectivity index (χ0v) is 13.1. The minimum atomic E-state index is 0. The monoisotopic (exact) mass is 314 g/mol. The van der Waals surface area contributed by atoms with Crippen molar-refractivity contribution in [2.45, 2.75) is 0 Å². The maximum absolute atomic E-state index is 4.22. The predicted octanol–water partition coefficient (Wildman–Crippen LogP) is 1.19. The van der Waals surface area contributed by atoms with Gasteiger partial charge in [-0.3, -0.25) is 14.7 Å². The molecule has 0 fully saturated rings. The molecule has 0 aromatic heterocycles. The molecule has 16 heavy (non-hydrogen) atoms. The van der Waals surface area contributed by atoms with Gasteiger partial charge in [0.15, 0.2) is 0 Å². The Balaban J connectivity index is -0.0000000655. The molecule has 0 radical (unpaired) electrons. The van der Waals surface area contributed by atoms with E-state index in [4.69, 9.17) is 0 Å². The summed E-state index contributed by atoms with van der Waals surface area (Å²) < 4.78 is 0. The summed E-state index contributed by atoms with van der Waals surface area (Å²) >= 11 is 0. The Hall–Kier alpha value is 0.864. The van der Waals surface area contributed by atoms with Gasteiger partial charge in [0.2, 0.25) is 0 Å². The average molecular weight is 314 g/mol. The molecule has 0 aromatic carbocycles. The van der Waals surface area contributed by atoms with Crippen molar-refractivity contribution >= 4 is 0 Å². The summed E-state index contributed by atoms with van der Waals surface area (Å²) in [7, 11) is 4.35. The van der Waals surface area contributed by atoms with E-state index in [1.165, 1.54) is 21.3 Å². The molecule has 0 aliphatic carbocycles. The maximum Gasteiger partial charge on any atom is 3.00 e. The number of hydrogen-bond acceptors (Lipinski definition) is 6. The maximum atomic E-state index is 4.22. The molecule has 0 heterocycles. The van der Waals surface area contributed by atoms with Crippen molar-refractivity contribution in [2.75, 3.05) is 41.2 Å². The van der Waals surface area contributed by atoms with E-state index in [2.05, 4.69) is 50.1 Å². The van der Waals surface area contributed by atoms with E-state index in [1.54, 1.807) is 0 Å². The molecule has 0 aliphatic rings. The molecule has 0 amide bonds. The summed E-state index contributed by atoms with van der Waals surface area (Å²) in [4.78, 5) is 25.1. The van der Waals surface area contributed by atoms with Gasteiger partial charge in [-0.05, 0) is 19.8 Å². The van der Waals surface area contributed by atoms with Crippen molar-refractivity contribution < 1.29 is 62.0 Å². The van der Waals surface area contributed by atoms with Crippen LogP contribution in [-0.2, 0) is 62.0 Å². The normalized spacial score (nSPS) is 7.88. The first kappa shape index (κ1) is 25.6. The standard InChI is InChI=1S/3C3H7O2.Y/c3*1-3-5-4-2;/h3*1,3H2,2H3;/q3*-1;+3. The van der Waals surface area contributed by atoms with Crippen molar-refractivity contribution in [3.05, 3.63) is 20.8 Å². The second-order valence-corrected chi connectivity index (χ2v) is 1.47. The van der Waals surface area contributed by atoms with E-state index < -0.39 is 0 Å². The molecule has 7 heteroatoms. The SMILES string of the molecule is [CH2-]COOC.[CH2-]COOC.[CH2-]COOC.[Y+3]. The van der Waals surface area contributed by atoms with Crippen LogP contribution in [0.5, 0.6) is 0 Å². The van der Waals surface area contributed by atoms with Gasteiger partial charge >= 0.3 is 32.7 Å². The van der Waals surface area contributed by atoms with E-state index >= 15 is 0 Å². The minimum Gasteiger partial charge on any atom is -0.315 e. The molecular weight excluding hydrogens is 293 g/mol. The van der Waals surface area contributed by atoms with Crippen LogP contribution in [0.3, 0.4) is 0 Å². The van der Waals surface area contributed by atoms with E-state index in [-0.39, 0.29) is 32.7 Å². The summed E-state index contributed by atoms with van der Waals surface area (Å²) in [5.74, 6) is 0. The first-order valence-corrected chi connectivity index (χ1v) is 4.09. The average Bonchev–Trinajstić information content (AvgIpc) is 2.23. The Morgan fingerprint density at radius 3 is 0.812 bits per heavy atom. The third-order valence-corrected chi connectivity index (χ3v) is 0.604. The molecule has 0 saturated carbocycles. The van der Waals surface area contributed by atoms with Crippen molar-refractivity contribution in [3.63, 3.8) is 0 Å². The minimum absolute atomic E-state index is 0. The Morgan fingerprint density at radius 2 is 0.812 bits per heavy atom. The van der Waals surface area contributed by atoms with Gasteiger partial charge in [0.1, 0.15) is 0 Å². The quantitative estimate of drug-likeness (QED) is 0.417. The van der Waals surface area contributed by atoms with Crippen molar-refractivity contribution in [1.29, 1.82) is 0 Å². The van der Waals surface area contributed by atoms with Gasteiger partial charge in [0.05, 0.1) is 21.3 Å². The second-order valence-electron chi connectivity index (χ2n) is 1.47. The summed E-state index contributed by atoms with van der Waals surface area (Å²) in [6.07, 6.45) is 0. The van der Waals surface area contributed by atoms with Gasteiger partial charge in [0.25, 0.3) is 0 Å². The third kappa shape index (κ3) is 60.6. The van der Waals surface area contributed by atoms with Crippen LogP contribution in [0, 0.1) is 20.8 Å². The zero-order chi connectivity index (χ0) is 12.4. The van der Waals surface area contributed by atoms with Gasteiger partial charge in [-0.1, -0.05) is 0 Å². The van der Waals surface area contributed by atoms with Gasteiger partial charge in [-0.15, -0.1) is 0 Å². The number of hydrogen-bond donors (Lipinski definition) is 0. The van der Waals surface area contributed by atoms with Crippen LogP contribution in [0.1, 0.15) is 0 Å². The van der Waals surface area contributed by atoms with Crippen LogP contribution in [0.25, 0.3) is 0 Å². The largest absolute Gasteiger partial charge is 3.00 e. The molecule has 0 aromatic rings. The van der Waals surface area contributed by atoms with Gasteiger partial charge in [-0.2, -0.15) is 0 Å². The van der Waals surface area contributed by atoms with Crippen molar-refractivity contribution in [3.8, 4) is 0 Å². The molecule has 0 saturated heterocycles. The first-order valence-electron chi connectivity index (χ1n) is 4.09. The molecule has 0 spiro atoms. The summed E-state index contributed by atoms with van der Waals surface area (Å²) in [5, 5.41) is 0. The second kappa shape index (κ2) is 36.0. The van der Waals surface area contributed by atoms with Crippen LogP contribution >= 0.6 is 0 Å². The molecule has 0 rings (SSSR count). The van der Waals surface area contributed by atoms with Gasteiger partial charge in [0, 0.05) is 0 Å². The Kier molecular flexibility index (Phi) is 57.7. The fraction of sp³-hybridized carbons (Fsp3) is 0.667. The van der Waals surface area contributed by atoms with E-state index in [0.717, 1.165) is 0 Å². The molecule has 0 atom stereocenters. The van der Waals surface area contributed by atoms with E-state index in [9.17, 15) is 0 Å². The summed E-state index contributed by atoms with van der Waals surface area (Å²) in [5.41, 5.74) is 0. The molecule has 0 N–H and O–H groups in total. The van der Waals surface area contributed by atoms with Crippen LogP contribution in [0.4, 0.5) is 0 Å². The van der Waals surface area contributed by atoms with Crippen molar-refractivity contribution in [2.24, 2.45) is 0 Å². The Bertz CT molecular complexity index is 56.8. The fourth-order valence-electron chi connectivity index (χ4n) is 0.250. The Labute approximate surface area is 124 Å². The van der Waals surface area contributed by atoms with Crippen LogP contribution in [0.2, 0.25) is 0 Å². The smallest absolute Gasteiger partial charge is 0.315 e. The van der Waals surface area contributed by atoms with E-state index in [1.807, 2.05) is 0 Å². The third-order valence-electron chi connectivity index (χ3n) is 0.604. The van der Waals surface area contributed by atoms with Crippen LogP contribution in [-0.4, -0.2) is 41.2 Å². The van der Waals surface area contributed by atoms with Gasteiger partial charge < -0.3 is 20.8 Å². The predicted molar refractivity (Wildman–Crippen MR) is 55.0 cm³/mol. The molecule has 0 unspecified atom stereocenters. The first-order chi connectivity index (χ1) is 7.24. The molecule has 0 aliphatic heterocycles. The molecule has 0 bridgehead atoms. The van der Waals surface area contributed by atoms with Crippen molar-refractivity contribution in [1.82, 2.24) is 0 Å². The Morgan fingerprint density at radius 1 is 0.625 bits per heavy atom. The topological polar surface area (TPSA) is 55.4 Å². The van der Waals surface area contributed by atoms with E-state index in [0.29, 0.717) is 19.8 Å². The summed E-state index contributed by atoms with van der Waals surface area (Å²) in [6, 6.07) is 0. The summed E-state index contributed by atoms with van der Waals surface area (Å²) in [6.45, 7) is 11.1. The van der Waals surface area contributed by atoms with Gasteiger partial charge in [-0.25, -0.2) is 14.7 Å². The van der Waals surface area contributed by atoms with Crippen LogP contribution in [0.15, 0.2) is 0 Å².